The van der Waals surface area contributed by atoms with Crippen molar-refractivity contribution in [3.8, 4) is 34.6 Å². The lowest BCUT2D eigenvalue weighted by atomic mass is 10.0. The van der Waals surface area contributed by atoms with Gasteiger partial charge in [-0.2, -0.15) is 5.10 Å². The van der Waals surface area contributed by atoms with E-state index in [2.05, 4.69) is 26.9 Å². The molecule has 1 aliphatic rings. The van der Waals surface area contributed by atoms with Gasteiger partial charge in [-0.15, -0.1) is 0 Å². The second-order valence-electron chi connectivity index (χ2n) is 7.53. The lowest BCUT2D eigenvalue weighted by Crippen LogP contribution is -2.37. The Hall–Kier alpha value is -4.03. The third-order valence-corrected chi connectivity index (χ3v) is 5.30. The second kappa shape index (κ2) is 8.24. The first-order valence-electron chi connectivity index (χ1n) is 10.1. The highest BCUT2D eigenvalue weighted by atomic mass is 16.3. The van der Waals surface area contributed by atoms with E-state index in [-0.39, 0.29) is 12.1 Å². The molecule has 4 rings (SSSR count). The number of likely N-dealkylation sites (N-methyl/N-ethyl adjacent to an activating group) is 1. The Morgan fingerprint density at radius 1 is 1.28 bits per heavy atom. The van der Waals surface area contributed by atoms with Crippen molar-refractivity contribution in [2.45, 2.75) is 25.5 Å². The number of aromatic nitrogens is 4. The maximum atomic E-state index is 12.1. The van der Waals surface area contributed by atoms with Gasteiger partial charge < -0.3 is 15.7 Å². The summed E-state index contributed by atoms with van der Waals surface area (Å²) in [6, 6.07) is 10.4. The Morgan fingerprint density at radius 3 is 2.78 bits per heavy atom. The van der Waals surface area contributed by atoms with Crippen LogP contribution in [0.25, 0.3) is 22.8 Å². The van der Waals surface area contributed by atoms with Crippen LogP contribution in [0.5, 0.6) is 0 Å². The molecule has 1 unspecified atom stereocenters. The van der Waals surface area contributed by atoms with Crippen molar-refractivity contribution in [1.29, 1.82) is 0 Å². The van der Waals surface area contributed by atoms with Crippen molar-refractivity contribution in [1.82, 2.24) is 24.6 Å². The van der Waals surface area contributed by atoms with E-state index in [0.717, 1.165) is 5.69 Å². The summed E-state index contributed by atoms with van der Waals surface area (Å²) in [6.07, 6.45) is 1.92. The minimum absolute atomic E-state index is 0.0826. The molecule has 0 bridgehead atoms. The normalized spacial score (nSPS) is 17.8. The van der Waals surface area contributed by atoms with Crippen LogP contribution in [0.15, 0.2) is 42.6 Å². The standard InChI is InChI=1S/C23H22N6O3/c1-3-29-19(8-11-25-29)17-14-18(20(24)30)27-21(26-17)16-6-4-5-15(13-16)7-9-23(32)10-12-28(2)22(23)31/h4-6,8,11,13-14,32H,3,10,12H2,1-2H3,(H2,24,30). The molecule has 0 saturated carbocycles. The molecular formula is C23H22N6O3. The first kappa shape index (κ1) is 21.2. The van der Waals surface area contributed by atoms with Gasteiger partial charge in [-0.05, 0) is 31.2 Å². The highest BCUT2D eigenvalue weighted by Crippen LogP contribution is 2.24. The Morgan fingerprint density at radius 2 is 2.09 bits per heavy atom. The van der Waals surface area contributed by atoms with Crippen molar-refractivity contribution >= 4 is 11.8 Å². The maximum absolute atomic E-state index is 12.1. The number of aryl methyl sites for hydroxylation is 1. The number of nitrogens with zero attached hydrogens (tertiary/aromatic N) is 5. The number of carbonyl (C=O) groups excluding carboxylic acids is 2. The number of rotatable bonds is 4. The van der Waals surface area contributed by atoms with Crippen LogP contribution in [0.3, 0.4) is 0 Å². The summed E-state index contributed by atoms with van der Waals surface area (Å²) < 4.78 is 1.76. The quantitative estimate of drug-likeness (QED) is 0.596. The molecule has 32 heavy (non-hydrogen) atoms. The van der Waals surface area contributed by atoms with Gasteiger partial charge in [-0.3, -0.25) is 14.3 Å². The fraction of sp³-hybridized carbons (Fsp3) is 0.261. The van der Waals surface area contributed by atoms with Crippen LogP contribution in [0.1, 0.15) is 29.4 Å². The van der Waals surface area contributed by atoms with E-state index in [0.29, 0.717) is 35.7 Å². The van der Waals surface area contributed by atoms with Gasteiger partial charge in [-0.1, -0.05) is 24.0 Å². The fourth-order valence-electron chi connectivity index (χ4n) is 3.52. The van der Waals surface area contributed by atoms with Crippen LogP contribution in [0, 0.1) is 11.8 Å². The molecular weight excluding hydrogens is 408 g/mol. The lowest BCUT2D eigenvalue weighted by molar-refractivity contribution is -0.137. The van der Waals surface area contributed by atoms with Crippen LogP contribution in [0.2, 0.25) is 0 Å². The van der Waals surface area contributed by atoms with Gasteiger partial charge in [0.2, 0.25) is 5.60 Å². The molecule has 1 saturated heterocycles. The fourth-order valence-corrected chi connectivity index (χ4v) is 3.52. The topological polar surface area (TPSA) is 127 Å². The maximum Gasteiger partial charge on any atom is 0.267 e. The molecule has 9 nitrogen and oxygen atoms in total. The third kappa shape index (κ3) is 3.96. The minimum atomic E-state index is -1.68. The average Bonchev–Trinajstić information content (AvgIpc) is 3.38. The molecule has 1 fully saturated rings. The van der Waals surface area contributed by atoms with Crippen LogP contribution >= 0.6 is 0 Å². The van der Waals surface area contributed by atoms with Crippen molar-refractivity contribution in [2.24, 2.45) is 5.73 Å². The summed E-state index contributed by atoms with van der Waals surface area (Å²) in [7, 11) is 1.63. The Kier molecular flexibility index (Phi) is 5.47. The number of hydrogen-bond donors (Lipinski definition) is 2. The smallest absolute Gasteiger partial charge is 0.267 e. The van der Waals surface area contributed by atoms with Crippen molar-refractivity contribution in [2.75, 3.05) is 13.6 Å². The number of primary amides is 1. The van der Waals surface area contributed by atoms with Crippen LogP contribution < -0.4 is 5.73 Å². The molecule has 0 radical (unpaired) electrons. The van der Waals surface area contributed by atoms with Gasteiger partial charge in [0.05, 0.1) is 11.4 Å². The molecule has 3 aromatic rings. The predicted molar refractivity (Wildman–Crippen MR) is 117 cm³/mol. The van der Waals surface area contributed by atoms with E-state index in [4.69, 9.17) is 5.73 Å². The van der Waals surface area contributed by atoms with E-state index in [1.807, 2.05) is 6.92 Å². The SMILES string of the molecule is CCn1nccc1-c1cc(C(N)=O)nc(-c2cccc(C#CC3(O)CCN(C)C3=O)c2)n1. The van der Waals surface area contributed by atoms with Gasteiger partial charge in [0.1, 0.15) is 5.69 Å². The van der Waals surface area contributed by atoms with Gasteiger partial charge >= 0.3 is 0 Å². The zero-order chi connectivity index (χ0) is 22.9. The molecule has 2 aromatic heterocycles. The number of carbonyl (C=O) groups is 2. The predicted octanol–water partition coefficient (Wildman–Crippen LogP) is 1.07. The first-order chi connectivity index (χ1) is 15.3. The first-order valence-corrected chi connectivity index (χ1v) is 10.1. The minimum Gasteiger partial charge on any atom is -0.369 e. The summed E-state index contributed by atoms with van der Waals surface area (Å²) in [5, 5.41) is 14.8. The summed E-state index contributed by atoms with van der Waals surface area (Å²) in [5.41, 5.74) is 6.35. The van der Waals surface area contributed by atoms with E-state index >= 15 is 0 Å². The Bertz CT molecular complexity index is 1270. The molecule has 162 valence electrons. The number of aliphatic hydroxyl groups is 1. The molecule has 0 aliphatic carbocycles. The van der Waals surface area contributed by atoms with Gasteiger partial charge in [0.25, 0.3) is 11.8 Å². The average molecular weight is 430 g/mol. The molecule has 1 aliphatic heterocycles. The molecule has 1 aromatic carbocycles. The lowest BCUT2D eigenvalue weighted by Gasteiger charge is -2.13. The van der Waals surface area contributed by atoms with Crippen LogP contribution in [0.4, 0.5) is 0 Å². The van der Waals surface area contributed by atoms with E-state index < -0.39 is 17.4 Å². The molecule has 3 heterocycles. The molecule has 1 atom stereocenters. The zero-order valence-electron chi connectivity index (χ0n) is 17.7. The molecule has 2 amide bonds. The molecule has 9 heteroatoms. The highest BCUT2D eigenvalue weighted by molar-refractivity contribution is 5.92. The highest BCUT2D eigenvalue weighted by Gasteiger charge is 2.42. The van der Waals surface area contributed by atoms with Crippen molar-refractivity contribution in [3.05, 3.63) is 53.9 Å². The van der Waals surface area contributed by atoms with Crippen molar-refractivity contribution in [3.63, 3.8) is 0 Å². The Balaban J connectivity index is 1.74. The van der Waals surface area contributed by atoms with Crippen LogP contribution in [-0.4, -0.2) is 60.8 Å². The second-order valence-corrected chi connectivity index (χ2v) is 7.53. The van der Waals surface area contributed by atoms with E-state index in [1.165, 1.54) is 11.0 Å². The van der Waals surface area contributed by atoms with Crippen molar-refractivity contribution < 1.29 is 14.7 Å². The van der Waals surface area contributed by atoms with Gasteiger partial charge in [0.15, 0.2) is 5.82 Å². The Labute approximate surface area is 184 Å². The molecule has 3 N–H and O–H groups in total. The number of amides is 2. The van der Waals surface area contributed by atoms with Crippen LogP contribution in [-0.2, 0) is 11.3 Å². The third-order valence-electron chi connectivity index (χ3n) is 5.30. The van der Waals surface area contributed by atoms with Gasteiger partial charge in [0, 0.05) is 43.9 Å². The number of nitrogens with two attached hydrogens (primary N) is 1. The summed E-state index contributed by atoms with van der Waals surface area (Å²) in [6.45, 7) is 3.04. The van der Waals surface area contributed by atoms with E-state index in [1.54, 1.807) is 48.3 Å². The van der Waals surface area contributed by atoms with E-state index in [9.17, 15) is 14.7 Å². The summed E-state index contributed by atoms with van der Waals surface area (Å²) >= 11 is 0. The van der Waals surface area contributed by atoms with Gasteiger partial charge in [-0.25, -0.2) is 9.97 Å². The number of likely N-dealkylation sites (tertiary alicyclic amines) is 1. The molecule has 0 spiro atoms. The number of hydrogen-bond acceptors (Lipinski definition) is 6. The number of benzene rings is 1. The largest absolute Gasteiger partial charge is 0.369 e. The zero-order valence-corrected chi connectivity index (χ0v) is 17.7. The summed E-state index contributed by atoms with van der Waals surface area (Å²) in [4.78, 5) is 34.4. The monoisotopic (exact) mass is 430 g/mol. The summed E-state index contributed by atoms with van der Waals surface area (Å²) in [5.74, 6) is 4.81.